The number of rotatable bonds is 2. The van der Waals surface area contributed by atoms with Gasteiger partial charge in [-0.15, -0.1) is 0 Å². The third-order valence-corrected chi connectivity index (χ3v) is 3.45. The number of phenolic OH excluding ortho intramolecular Hbond substituents is 2. The van der Waals surface area contributed by atoms with Crippen LogP contribution in [0.5, 0.6) is 11.5 Å². The molecule has 1 aliphatic carbocycles. The number of carbonyl (C=O) groups is 1. The van der Waals surface area contributed by atoms with Gasteiger partial charge in [0, 0.05) is 0 Å². The Balaban J connectivity index is 2.66. The quantitative estimate of drug-likeness (QED) is 0.692. The molecule has 92 valence electrons. The van der Waals surface area contributed by atoms with Gasteiger partial charge in [-0.1, -0.05) is 12.8 Å². The molecule has 1 aliphatic rings. The fourth-order valence-corrected chi connectivity index (χ4v) is 2.56. The first-order valence-corrected chi connectivity index (χ1v) is 5.43. The van der Waals surface area contributed by atoms with Crippen molar-refractivity contribution in [3.05, 3.63) is 23.5 Å². The van der Waals surface area contributed by atoms with Crippen molar-refractivity contribution in [1.29, 1.82) is 0 Å². The Labute approximate surface area is 97.3 Å². The minimum Gasteiger partial charge on any atom is -0.504 e. The Morgan fingerprint density at radius 3 is 2.35 bits per heavy atom. The van der Waals surface area contributed by atoms with E-state index in [1.165, 1.54) is 0 Å². The molecular weight excluding hydrogens is 227 g/mol. The molecule has 17 heavy (non-hydrogen) atoms. The van der Waals surface area contributed by atoms with Gasteiger partial charge in [0.15, 0.2) is 11.5 Å². The Bertz CT molecular complexity index is 464. The summed E-state index contributed by atoms with van der Waals surface area (Å²) in [7, 11) is 0. The van der Waals surface area contributed by atoms with Crippen molar-refractivity contribution < 1.29 is 24.5 Å². The van der Waals surface area contributed by atoms with Gasteiger partial charge in [0.25, 0.3) is 0 Å². The number of carboxylic acid groups (broad SMARTS) is 1. The van der Waals surface area contributed by atoms with E-state index in [2.05, 4.69) is 0 Å². The molecule has 0 radical (unpaired) electrons. The maximum atomic E-state index is 13.8. The minimum atomic E-state index is -1.41. The number of benzene rings is 1. The summed E-state index contributed by atoms with van der Waals surface area (Å²) in [6.07, 6.45) is 1.88. The highest BCUT2D eigenvalue weighted by atomic mass is 19.1. The lowest BCUT2D eigenvalue weighted by Crippen LogP contribution is -2.33. The highest BCUT2D eigenvalue weighted by molar-refractivity contribution is 5.83. The molecular formula is C12H13FO4. The van der Waals surface area contributed by atoms with Gasteiger partial charge in [-0.05, 0) is 25.0 Å². The third-order valence-electron chi connectivity index (χ3n) is 3.45. The standard InChI is InChI=1S/C12H13FO4/c13-7-3-4-8(14)10(15)9(7)12(11(16)17)5-1-2-6-12/h3-4,14-15H,1-2,5-6H2,(H,16,17). The molecule has 0 heterocycles. The van der Waals surface area contributed by atoms with Gasteiger partial charge in [0.2, 0.25) is 0 Å². The molecule has 0 aromatic heterocycles. The van der Waals surface area contributed by atoms with Crippen LogP contribution >= 0.6 is 0 Å². The predicted molar refractivity (Wildman–Crippen MR) is 57.5 cm³/mol. The van der Waals surface area contributed by atoms with Crippen molar-refractivity contribution in [2.75, 3.05) is 0 Å². The molecule has 0 atom stereocenters. The van der Waals surface area contributed by atoms with Gasteiger partial charge in [0.1, 0.15) is 5.82 Å². The maximum Gasteiger partial charge on any atom is 0.314 e. The molecule has 0 unspecified atom stereocenters. The SMILES string of the molecule is O=C(O)C1(c2c(F)ccc(O)c2O)CCCC1. The van der Waals surface area contributed by atoms with Crippen molar-refractivity contribution in [3.8, 4) is 11.5 Å². The van der Waals surface area contributed by atoms with Crippen LogP contribution in [0.25, 0.3) is 0 Å². The van der Waals surface area contributed by atoms with Gasteiger partial charge >= 0.3 is 5.97 Å². The zero-order valence-corrected chi connectivity index (χ0v) is 9.11. The van der Waals surface area contributed by atoms with Crippen molar-refractivity contribution in [2.24, 2.45) is 0 Å². The summed E-state index contributed by atoms with van der Waals surface area (Å²) < 4.78 is 13.8. The van der Waals surface area contributed by atoms with Crippen LogP contribution in [-0.4, -0.2) is 21.3 Å². The van der Waals surface area contributed by atoms with Gasteiger partial charge in [-0.3, -0.25) is 4.79 Å². The van der Waals surface area contributed by atoms with Gasteiger partial charge in [-0.2, -0.15) is 0 Å². The molecule has 1 saturated carbocycles. The van der Waals surface area contributed by atoms with Crippen LogP contribution in [0.1, 0.15) is 31.2 Å². The number of carboxylic acids is 1. The van der Waals surface area contributed by atoms with Crippen LogP contribution in [0, 0.1) is 5.82 Å². The number of hydrogen-bond donors (Lipinski definition) is 3. The Hall–Kier alpha value is -1.78. The van der Waals surface area contributed by atoms with Crippen LogP contribution in [0.2, 0.25) is 0 Å². The van der Waals surface area contributed by atoms with E-state index in [0.717, 1.165) is 12.1 Å². The lowest BCUT2D eigenvalue weighted by Gasteiger charge is -2.25. The first kappa shape index (κ1) is 11.7. The molecule has 1 aromatic carbocycles. The number of aromatic hydroxyl groups is 2. The number of aliphatic carboxylic acids is 1. The van der Waals surface area contributed by atoms with Crippen LogP contribution in [-0.2, 0) is 10.2 Å². The fourth-order valence-electron chi connectivity index (χ4n) is 2.56. The number of phenols is 2. The van der Waals surface area contributed by atoms with E-state index in [-0.39, 0.29) is 18.4 Å². The first-order valence-electron chi connectivity index (χ1n) is 5.43. The summed E-state index contributed by atoms with van der Waals surface area (Å²) in [5.74, 6) is -3.09. The fraction of sp³-hybridized carbons (Fsp3) is 0.417. The molecule has 2 rings (SSSR count). The molecule has 5 heteroatoms. The normalized spacial score (nSPS) is 18.2. The number of hydrogen-bond acceptors (Lipinski definition) is 3. The van der Waals surface area contributed by atoms with E-state index in [9.17, 15) is 24.5 Å². The average molecular weight is 240 g/mol. The topological polar surface area (TPSA) is 77.8 Å². The highest BCUT2D eigenvalue weighted by Gasteiger charge is 2.47. The molecule has 0 spiro atoms. The lowest BCUT2D eigenvalue weighted by molar-refractivity contribution is -0.143. The maximum absolute atomic E-state index is 13.8. The molecule has 0 aliphatic heterocycles. The summed E-state index contributed by atoms with van der Waals surface area (Å²) in [4.78, 5) is 11.4. The first-order chi connectivity index (χ1) is 7.99. The molecule has 0 amide bonds. The zero-order chi connectivity index (χ0) is 12.6. The molecule has 3 N–H and O–H groups in total. The van der Waals surface area contributed by atoms with Crippen molar-refractivity contribution in [1.82, 2.24) is 0 Å². The summed E-state index contributed by atoms with van der Waals surface area (Å²) in [5.41, 5.74) is -1.70. The van der Waals surface area contributed by atoms with Crippen LogP contribution < -0.4 is 0 Å². The smallest absolute Gasteiger partial charge is 0.314 e. The molecule has 0 bridgehead atoms. The summed E-state index contributed by atoms with van der Waals surface area (Å²) in [5, 5.41) is 28.4. The molecule has 0 saturated heterocycles. The van der Waals surface area contributed by atoms with E-state index in [4.69, 9.17) is 0 Å². The van der Waals surface area contributed by atoms with E-state index in [1.54, 1.807) is 0 Å². The van der Waals surface area contributed by atoms with Crippen LogP contribution in [0.3, 0.4) is 0 Å². The Morgan fingerprint density at radius 2 is 1.82 bits per heavy atom. The highest BCUT2D eigenvalue weighted by Crippen LogP contribution is 2.48. The van der Waals surface area contributed by atoms with E-state index >= 15 is 0 Å². The number of halogens is 1. The van der Waals surface area contributed by atoms with Crippen molar-refractivity contribution >= 4 is 5.97 Å². The van der Waals surface area contributed by atoms with Crippen molar-refractivity contribution in [2.45, 2.75) is 31.1 Å². The predicted octanol–water partition coefficient (Wildman–Crippen LogP) is 2.13. The monoisotopic (exact) mass is 240 g/mol. The van der Waals surface area contributed by atoms with E-state index in [1.807, 2.05) is 0 Å². The molecule has 4 nitrogen and oxygen atoms in total. The molecule has 1 aromatic rings. The van der Waals surface area contributed by atoms with Crippen LogP contribution in [0.15, 0.2) is 12.1 Å². The van der Waals surface area contributed by atoms with Gasteiger partial charge in [-0.25, -0.2) is 4.39 Å². The van der Waals surface area contributed by atoms with Gasteiger partial charge in [0.05, 0.1) is 11.0 Å². The summed E-state index contributed by atoms with van der Waals surface area (Å²) in [6.45, 7) is 0. The Kier molecular flexibility index (Phi) is 2.69. The Morgan fingerprint density at radius 1 is 1.24 bits per heavy atom. The van der Waals surface area contributed by atoms with E-state index < -0.39 is 28.7 Å². The van der Waals surface area contributed by atoms with E-state index in [0.29, 0.717) is 12.8 Å². The van der Waals surface area contributed by atoms with Crippen molar-refractivity contribution in [3.63, 3.8) is 0 Å². The zero-order valence-electron chi connectivity index (χ0n) is 9.11. The second kappa shape index (κ2) is 3.91. The lowest BCUT2D eigenvalue weighted by atomic mass is 9.78. The van der Waals surface area contributed by atoms with Crippen LogP contribution in [0.4, 0.5) is 4.39 Å². The molecule has 1 fully saturated rings. The van der Waals surface area contributed by atoms with Gasteiger partial charge < -0.3 is 15.3 Å². The minimum absolute atomic E-state index is 0.274. The third kappa shape index (κ3) is 1.62. The largest absolute Gasteiger partial charge is 0.504 e. The second-order valence-corrected chi connectivity index (χ2v) is 4.38. The average Bonchev–Trinajstić information content (AvgIpc) is 2.74. The summed E-state index contributed by atoms with van der Waals surface area (Å²) in [6, 6.07) is 1.99. The second-order valence-electron chi connectivity index (χ2n) is 4.38. The summed E-state index contributed by atoms with van der Waals surface area (Å²) >= 11 is 0.